The molecule has 1 aromatic rings. The molecule has 1 rings (SSSR count). The van der Waals surface area contributed by atoms with Gasteiger partial charge in [-0.3, -0.25) is 0 Å². The molecule has 1 aromatic heterocycles. The number of nitrogens with one attached hydrogen (secondary N) is 1. The molecule has 3 heteroatoms. The van der Waals surface area contributed by atoms with E-state index < -0.39 is 0 Å². The van der Waals surface area contributed by atoms with Gasteiger partial charge in [-0.05, 0) is 13.5 Å². The van der Waals surface area contributed by atoms with Crippen molar-refractivity contribution in [3.63, 3.8) is 0 Å². The second kappa shape index (κ2) is 4.46. The molecule has 1 N–H and O–H groups in total. The zero-order valence-electron chi connectivity index (χ0n) is 7.05. The summed E-state index contributed by atoms with van der Waals surface area (Å²) in [6.45, 7) is 3.10. The molecule has 0 unspecified atom stereocenters. The minimum Gasteiger partial charge on any atom is -0.314 e. The molecule has 1 heterocycles. The number of aryl methyl sites for hydroxylation is 1. The van der Waals surface area contributed by atoms with Gasteiger partial charge in [0, 0.05) is 11.4 Å². The Kier molecular flexibility index (Phi) is 3.52. The first-order chi connectivity index (χ1) is 5.38. The minimum absolute atomic E-state index is 0.902. The summed E-state index contributed by atoms with van der Waals surface area (Å²) in [5.41, 5.74) is 3.15. The summed E-state index contributed by atoms with van der Waals surface area (Å²) in [7, 11) is 1.95. The van der Waals surface area contributed by atoms with Crippen LogP contribution in [0.2, 0.25) is 0 Å². The van der Waals surface area contributed by atoms with Crippen molar-refractivity contribution in [1.29, 1.82) is 0 Å². The van der Waals surface area contributed by atoms with E-state index in [0.717, 1.165) is 6.54 Å². The third-order valence-corrected chi connectivity index (χ3v) is 2.48. The van der Waals surface area contributed by atoms with Crippen LogP contribution in [-0.4, -0.2) is 12.0 Å². The van der Waals surface area contributed by atoms with Crippen LogP contribution in [0.4, 0.5) is 0 Å². The first kappa shape index (κ1) is 8.68. The molecule has 0 radical (unpaired) electrons. The predicted octanol–water partition coefficient (Wildman–Crippen LogP) is 1.81. The molecule has 11 heavy (non-hydrogen) atoms. The zero-order valence-corrected chi connectivity index (χ0v) is 7.87. The monoisotopic (exact) mass is 170 g/mol. The minimum atomic E-state index is 0.902. The fourth-order valence-corrected chi connectivity index (χ4v) is 1.93. The molecular formula is C8H14N2S. The van der Waals surface area contributed by atoms with Crippen LogP contribution in [0.25, 0.3) is 0 Å². The molecule has 0 fully saturated rings. The number of hydrogen-bond acceptors (Lipinski definition) is 3. The van der Waals surface area contributed by atoms with Gasteiger partial charge in [-0.2, -0.15) is 0 Å². The fourth-order valence-electron chi connectivity index (χ4n) is 1.04. The normalized spacial score (nSPS) is 10.4. The Morgan fingerprint density at radius 2 is 2.45 bits per heavy atom. The highest BCUT2D eigenvalue weighted by Gasteiger charge is 2.02. The van der Waals surface area contributed by atoms with Gasteiger partial charge in [-0.1, -0.05) is 13.3 Å². The lowest BCUT2D eigenvalue weighted by molar-refractivity contribution is 0.779. The summed E-state index contributed by atoms with van der Waals surface area (Å²) in [4.78, 5) is 5.71. The lowest BCUT2D eigenvalue weighted by Crippen LogP contribution is -2.07. The van der Waals surface area contributed by atoms with Gasteiger partial charge in [0.2, 0.25) is 0 Å². The summed E-state index contributed by atoms with van der Waals surface area (Å²) in [6.07, 6.45) is 2.38. The lowest BCUT2D eigenvalue weighted by atomic mass is 10.2. The molecule has 0 bridgehead atoms. The van der Waals surface area contributed by atoms with Gasteiger partial charge in [0.15, 0.2) is 0 Å². The molecular weight excluding hydrogens is 156 g/mol. The van der Waals surface area contributed by atoms with E-state index >= 15 is 0 Å². The Balaban J connectivity index is 2.62. The SMILES string of the molecule is CCCc1scnc1CNC. The molecule has 0 atom stereocenters. The third-order valence-electron chi connectivity index (χ3n) is 1.55. The fraction of sp³-hybridized carbons (Fsp3) is 0.625. The van der Waals surface area contributed by atoms with Gasteiger partial charge in [0.1, 0.15) is 0 Å². The number of hydrogen-bond donors (Lipinski definition) is 1. The first-order valence-electron chi connectivity index (χ1n) is 3.94. The van der Waals surface area contributed by atoms with E-state index in [9.17, 15) is 0 Å². The first-order valence-corrected chi connectivity index (χ1v) is 4.82. The molecule has 62 valence electrons. The smallest absolute Gasteiger partial charge is 0.0798 e. The van der Waals surface area contributed by atoms with Crippen LogP contribution < -0.4 is 5.32 Å². The number of thiazole rings is 1. The quantitative estimate of drug-likeness (QED) is 0.745. The average molecular weight is 170 g/mol. The molecule has 0 saturated carbocycles. The summed E-state index contributed by atoms with van der Waals surface area (Å²) in [5.74, 6) is 0. The summed E-state index contributed by atoms with van der Waals surface area (Å²) in [5, 5.41) is 3.11. The highest BCUT2D eigenvalue weighted by atomic mass is 32.1. The Bertz CT molecular complexity index is 187. The Morgan fingerprint density at radius 1 is 1.64 bits per heavy atom. The molecule has 0 aliphatic carbocycles. The van der Waals surface area contributed by atoms with Crippen molar-refractivity contribution in [2.24, 2.45) is 0 Å². The van der Waals surface area contributed by atoms with Crippen LogP contribution >= 0.6 is 11.3 Å². The van der Waals surface area contributed by atoms with E-state index in [-0.39, 0.29) is 0 Å². The topological polar surface area (TPSA) is 24.9 Å². The van der Waals surface area contributed by atoms with Gasteiger partial charge < -0.3 is 5.32 Å². The predicted molar refractivity (Wildman–Crippen MR) is 48.9 cm³/mol. The molecule has 0 aliphatic heterocycles. The van der Waals surface area contributed by atoms with Crippen LogP contribution in [0.3, 0.4) is 0 Å². The van der Waals surface area contributed by atoms with Gasteiger partial charge in [-0.15, -0.1) is 11.3 Å². The summed E-state index contributed by atoms with van der Waals surface area (Å²) in [6, 6.07) is 0. The van der Waals surface area contributed by atoms with Gasteiger partial charge in [0.25, 0.3) is 0 Å². The van der Waals surface area contributed by atoms with Crippen molar-refractivity contribution in [2.45, 2.75) is 26.3 Å². The third kappa shape index (κ3) is 2.27. The summed E-state index contributed by atoms with van der Waals surface area (Å²) >= 11 is 1.76. The molecule has 0 spiro atoms. The standard InChI is InChI=1S/C8H14N2S/c1-3-4-8-7(5-9-2)10-6-11-8/h6,9H,3-5H2,1-2H3. The second-order valence-corrected chi connectivity index (χ2v) is 3.44. The van der Waals surface area contributed by atoms with Crippen molar-refractivity contribution < 1.29 is 0 Å². The maximum absolute atomic E-state index is 4.28. The molecule has 0 aliphatic rings. The van der Waals surface area contributed by atoms with E-state index in [1.54, 1.807) is 11.3 Å². The zero-order chi connectivity index (χ0) is 8.10. The Labute approximate surface area is 71.7 Å². The largest absolute Gasteiger partial charge is 0.314 e. The van der Waals surface area contributed by atoms with Crippen LogP contribution in [0.15, 0.2) is 5.51 Å². The van der Waals surface area contributed by atoms with Gasteiger partial charge in [0.05, 0.1) is 11.2 Å². The van der Waals surface area contributed by atoms with E-state index in [1.165, 1.54) is 23.4 Å². The van der Waals surface area contributed by atoms with Crippen LogP contribution in [0.1, 0.15) is 23.9 Å². The maximum atomic E-state index is 4.28. The van der Waals surface area contributed by atoms with E-state index in [4.69, 9.17) is 0 Å². The van der Waals surface area contributed by atoms with Crippen molar-refractivity contribution in [1.82, 2.24) is 10.3 Å². The highest BCUT2D eigenvalue weighted by Crippen LogP contribution is 2.14. The van der Waals surface area contributed by atoms with Gasteiger partial charge in [-0.25, -0.2) is 4.98 Å². The van der Waals surface area contributed by atoms with Crippen LogP contribution in [-0.2, 0) is 13.0 Å². The lowest BCUT2D eigenvalue weighted by Gasteiger charge is -1.98. The number of nitrogens with zero attached hydrogens (tertiary/aromatic N) is 1. The van der Waals surface area contributed by atoms with Crippen molar-refractivity contribution in [2.75, 3.05) is 7.05 Å². The average Bonchev–Trinajstić information content (AvgIpc) is 2.39. The van der Waals surface area contributed by atoms with Crippen molar-refractivity contribution in [3.05, 3.63) is 16.1 Å². The molecule has 0 saturated heterocycles. The second-order valence-electron chi connectivity index (χ2n) is 2.50. The Morgan fingerprint density at radius 3 is 3.09 bits per heavy atom. The number of rotatable bonds is 4. The maximum Gasteiger partial charge on any atom is 0.0798 e. The Hall–Kier alpha value is -0.410. The van der Waals surface area contributed by atoms with E-state index in [0.29, 0.717) is 0 Å². The molecule has 0 aromatic carbocycles. The van der Waals surface area contributed by atoms with Gasteiger partial charge >= 0.3 is 0 Å². The summed E-state index contributed by atoms with van der Waals surface area (Å²) < 4.78 is 0. The molecule has 0 amide bonds. The van der Waals surface area contributed by atoms with Crippen LogP contribution in [0.5, 0.6) is 0 Å². The van der Waals surface area contributed by atoms with Crippen molar-refractivity contribution >= 4 is 11.3 Å². The van der Waals surface area contributed by atoms with E-state index in [1.807, 2.05) is 12.6 Å². The van der Waals surface area contributed by atoms with E-state index in [2.05, 4.69) is 17.2 Å². The van der Waals surface area contributed by atoms with Crippen molar-refractivity contribution in [3.8, 4) is 0 Å². The number of aromatic nitrogens is 1. The highest BCUT2D eigenvalue weighted by molar-refractivity contribution is 7.09. The van der Waals surface area contributed by atoms with Crippen LogP contribution in [0, 0.1) is 0 Å². The molecule has 2 nitrogen and oxygen atoms in total.